The van der Waals surface area contributed by atoms with Gasteiger partial charge in [-0.2, -0.15) is 0 Å². The molecule has 0 saturated heterocycles. The number of nitrogens with one attached hydrogen (secondary N) is 1. The molecule has 0 aromatic carbocycles. The van der Waals surface area contributed by atoms with Crippen LogP contribution in [0.25, 0.3) is 0 Å². The number of nitrogens with zero attached hydrogens (tertiary/aromatic N) is 1. The van der Waals surface area contributed by atoms with E-state index in [4.69, 9.17) is 4.74 Å². The number of hydrogen-bond acceptors (Lipinski definition) is 4. The van der Waals surface area contributed by atoms with Crippen molar-refractivity contribution < 1.29 is 9.53 Å². The van der Waals surface area contributed by atoms with Crippen molar-refractivity contribution in [3.05, 3.63) is 0 Å². The molecule has 4 nitrogen and oxygen atoms in total. The molecule has 0 heterocycles. The predicted octanol–water partition coefficient (Wildman–Crippen LogP) is 2.04. The van der Waals surface area contributed by atoms with E-state index in [0.717, 1.165) is 32.6 Å². The van der Waals surface area contributed by atoms with Crippen molar-refractivity contribution in [2.45, 2.75) is 52.0 Å². The average molecular weight is 270 g/mol. The quantitative estimate of drug-likeness (QED) is 0.651. The Morgan fingerprint density at radius 2 is 2.00 bits per heavy atom. The molecular formula is C15H30N2O2. The Hall–Kier alpha value is -0.610. The van der Waals surface area contributed by atoms with E-state index >= 15 is 0 Å². The summed E-state index contributed by atoms with van der Waals surface area (Å²) >= 11 is 0. The molecule has 0 aromatic rings. The van der Waals surface area contributed by atoms with E-state index < -0.39 is 5.54 Å². The highest BCUT2D eigenvalue weighted by Gasteiger charge is 2.37. The van der Waals surface area contributed by atoms with Crippen LogP contribution in [0.15, 0.2) is 0 Å². The standard InChI is InChI=1S/C15H30N2O2/c1-5-17(6-2)11-10-16-15(3,14(18)19-4)12-13-8-7-9-13/h13,16H,5-12H2,1-4H3. The van der Waals surface area contributed by atoms with Crippen LogP contribution in [0.3, 0.4) is 0 Å². The van der Waals surface area contributed by atoms with Gasteiger partial charge in [-0.3, -0.25) is 4.79 Å². The molecule has 0 amide bonds. The molecule has 0 spiro atoms. The number of rotatable bonds is 9. The summed E-state index contributed by atoms with van der Waals surface area (Å²) in [6, 6.07) is 0. The molecule has 19 heavy (non-hydrogen) atoms. The summed E-state index contributed by atoms with van der Waals surface area (Å²) in [4.78, 5) is 14.4. The first-order valence-electron chi connectivity index (χ1n) is 7.61. The Labute approximate surface area is 117 Å². The van der Waals surface area contributed by atoms with Crippen LogP contribution in [-0.4, -0.2) is 49.7 Å². The second-order valence-corrected chi connectivity index (χ2v) is 5.78. The monoisotopic (exact) mass is 270 g/mol. The van der Waals surface area contributed by atoms with E-state index in [1.54, 1.807) is 0 Å². The number of likely N-dealkylation sites (N-methyl/N-ethyl adjacent to an activating group) is 1. The van der Waals surface area contributed by atoms with Crippen molar-refractivity contribution in [2.24, 2.45) is 5.92 Å². The summed E-state index contributed by atoms with van der Waals surface area (Å²) in [5.41, 5.74) is -0.521. The van der Waals surface area contributed by atoms with Gasteiger partial charge < -0.3 is 15.0 Å². The number of esters is 1. The lowest BCUT2D eigenvalue weighted by molar-refractivity contribution is -0.149. The van der Waals surface area contributed by atoms with E-state index in [0.29, 0.717) is 5.92 Å². The second kappa shape index (κ2) is 7.85. The lowest BCUT2D eigenvalue weighted by atomic mass is 9.76. The van der Waals surface area contributed by atoms with Crippen molar-refractivity contribution in [2.75, 3.05) is 33.3 Å². The molecule has 1 unspecified atom stereocenters. The number of carbonyl (C=O) groups excluding carboxylic acids is 1. The molecular weight excluding hydrogens is 240 g/mol. The van der Waals surface area contributed by atoms with Gasteiger partial charge in [-0.15, -0.1) is 0 Å². The zero-order valence-electron chi connectivity index (χ0n) is 13.0. The average Bonchev–Trinajstić information content (AvgIpc) is 2.38. The van der Waals surface area contributed by atoms with Gasteiger partial charge in [0.15, 0.2) is 0 Å². The molecule has 0 bridgehead atoms. The zero-order chi connectivity index (χ0) is 14.3. The topological polar surface area (TPSA) is 41.6 Å². The minimum Gasteiger partial charge on any atom is -0.468 e. The zero-order valence-corrected chi connectivity index (χ0v) is 13.0. The fourth-order valence-electron chi connectivity index (χ4n) is 2.76. The van der Waals surface area contributed by atoms with Crippen LogP contribution in [0.5, 0.6) is 0 Å². The van der Waals surface area contributed by atoms with Crippen molar-refractivity contribution in [3.63, 3.8) is 0 Å². The number of methoxy groups -OCH3 is 1. The lowest BCUT2D eigenvalue weighted by Gasteiger charge is -2.36. The fourth-order valence-corrected chi connectivity index (χ4v) is 2.76. The van der Waals surface area contributed by atoms with Crippen molar-refractivity contribution in [1.82, 2.24) is 10.2 Å². The first-order chi connectivity index (χ1) is 9.05. The third-order valence-corrected chi connectivity index (χ3v) is 4.40. The third kappa shape index (κ3) is 4.77. The maximum Gasteiger partial charge on any atom is 0.325 e. The first-order valence-corrected chi connectivity index (χ1v) is 7.61. The first kappa shape index (κ1) is 16.4. The fraction of sp³-hybridized carbons (Fsp3) is 0.933. The second-order valence-electron chi connectivity index (χ2n) is 5.78. The van der Waals surface area contributed by atoms with Gasteiger partial charge in [0.25, 0.3) is 0 Å². The van der Waals surface area contributed by atoms with Crippen LogP contribution < -0.4 is 5.32 Å². The summed E-state index contributed by atoms with van der Waals surface area (Å²) in [5.74, 6) is 0.559. The SMILES string of the molecule is CCN(CC)CCNC(C)(CC1CCC1)C(=O)OC. The van der Waals surface area contributed by atoms with E-state index in [1.165, 1.54) is 26.4 Å². The predicted molar refractivity (Wildman–Crippen MR) is 78.2 cm³/mol. The normalized spacial score (nSPS) is 19.0. The number of carbonyl (C=O) groups is 1. The van der Waals surface area contributed by atoms with E-state index in [9.17, 15) is 4.79 Å². The van der Waals surface area contributed by atoms with Crippen molar-refractivity contribution in [3.8, 4) is 0 Å². The Bertz CT molecular complexity index is 275. The molecule has 1 atom stereocenters. The van der Waals surface area contributed by atoms with Crippen molar-refractivity contribution in [1.29, 1.82) is 0 Å². The summed E-state index contributed by atoms with van der Waals surface area (Å²) < 4.78 is 4.98. The number of hydrogen-bond donors (Lipinski definition) is 1. The Morgan fingerprint density at radius 3 is 2.42 bits per heavy atom. The van der Waals surface area contributed by atoms with Gasteiger partial charge >= 0.3 is 5.97 Å². The summed E-state index contributed by atoms with van der Waals surface area (Å²) in [6.07, 6.45) is 4.72. The summed E-state index contributed by atoms with van der Waals surface area (Å²) in [7, 11) is 1.48. The Morgan fingerprint density at radius 1 is 1.37 bits per heavy atom. The van der Waals surface area contributed by atoms with Crippen LogP contribution in [0, 0.1) is 5.92 Å². The maximum atomic E-state index is 12.0. The van der Waals surface area contributed by atoms with Gasteiger partial charge in [0, 0.05) is 13.1 Å². The molecule has 0 aliphatic heterocycles. The van der Waals surface area contributed by atoms with Gasteiger partial charge in [-0.1, -0.05) is 33.1 Å². The maximum absolute atomic E-state index is 12.0. The Balaban J connectivity index is 2.46. The van der Waals surface area contributed by atoms with Crippen molar-refractivity contribution >= 4 is 5.97 Å². The summed E-state index contributed by atoms with van der Waals surface area (Å²) in [6.45, 7) is 10.2. The molecule has 1 saturated carbocycles. The van der Waals surface area contributed by atoms with Crippen LogP contribution in [0.1, 0.15) is 46.5 Å². The molecule has 4 heteroatoms. The largest absolute Gasteiger partial charge is 0.468 e. The minimum atomic E-state index is -0.521. The highest BCUT2D eigenvalue weighted by molar-refractivity contribution is 5.80. The third-order valence-electron chi connectivity index (χ3n) is 4.40. The molecule has 1 N–H and O–H groups in total. The van der Waals surface area contributed by atoms with E-state index in [-0.39, 0.29) is 5.97 Å². The molecule has 1 rings (SSSR count). The molecule has 0 radical (unpaired) electrons. The van der Waals surface area contributed by atoms with E-state index in [2.05, 4.69) is 24.1 Å². The van der Waals surface area contributed by atoms with Crippen LogP contribution in [0.2, 0.25) is 0 Å². The smallest absolute Gasteiger partial charge is 0.325 e. The molecule has 1 aliphatic carbocycles. The summed E-state index contributed by atoms with van der Waals surface area (Å²) in [5, 5.41) is 3.43. The highest BCUT2D eigenvalue weighted by atomic mass is 16.5. The van der Waals surface area contributed by atoms with Crippen LogP contribution in [-0.2, 0) is 9.53 Å². The molecule has 0 aromatic heterocycles. The Kier molecular flexibility index (Phi) is 6.80. The molecule has 112 valence electrons. The molecule has 1 fully saturated rings. The van der Waals surface area contributed by atoms with Gasteiger partial charge in [0.1, 0.15) is 5.54 Å². The highest BCUT2D eigenvalue weighted by Crippen LogP contribution is 2.34. The van der Waals surface area contributed by atoms with Crippen LogP contribution >= 0.6 is 0 Å². The van der Waals surface area contributed by atoms with Gasteiger partial charge in [-0.25, -0.2) is 0 Å². The minimum absolute atomic E-state index is 0.126. The molecule has 1 aliphatic rings. The van der Waals surface area contributed by atoms with Gasteiger partial charge in [-0.05, 0) is 32.4 Å². The number of ether oxygens (including phenoxy) is 1. The van der Waals surface area contributed by atoms with Gasteiger partial charge in [0.05, 0.1) is 7.11 Å². The van der Waals surface area contributed by atoms with E-state index in [1.807, 2.05) is 6.92 Å². The van der Waals surface area contributed by atoms with Crippen LogP contribution in [0.4, 0.5) is 0 Å². The lowest BCUT2D eigenvalue weighted by Crippen LogP contribution is -2.53. The van der Waals surface area contributed by atoms with Gasteiger partial charge in [0.2, 0.25) is 0 Å².